The van der Waals surface area contributed by atoms with Gasteiger partial charge in [-0.25, -0.2) is 8.42 Å². The van der Waals surface area contributed by atoms with Crippen molar-refractivity contribution >= 4 is 39.1 Å². The van der Waals surface area contributed by atoms with Crippen LogP contribution in [-0.2, 0) is 32.6 Å². The van der Waals surface area contributed by atoms with Crippen molar-refractivity contribution in [3.63, 3.8) is 0 Å². The Labute approximate surface area is 282 Å². The molecule has 10 heteroatoms. The third-order valence-electron chi connectivity index (χ3n) is 8.47. The second-order valence-corrected chi connectivity index (χ2v) is 14.1. The highest BCUT2D eigenvalue weighted by Gasteiger charge is 2.36. The summed E-state index contributed by atoms with van der Waals surface area (Å²) >= 11 is 6.57. The molecule has 0 bridgehead atoms. The van der Waals surface area contributed by atoms with Gasteiger partial charge in [0, 0.05) is 19.0 Å². The highest BCUT2D eigenvalue weighted by molar-refractivity contribution is 7.92. The summed E-state index contributed by atoms with van der Waals surface area (Å²) in [5.74, 6) is -0.224. The lowest BCUT2D eigenvalue weighted by Gasteiger charge is -2.34. The topological polar surface area (TPSA) is 96.0 Å². The van der Waals surface area contributed by atoms with Gasteiger partial charge in [-0.15, -0.1) is 0 Å². The third kappa shape index (κ3) is 8.53. The van der Waals surface area contributed by atoms with Crippen molar-refractivity contribution in [3.8, 4) is 5.75 Å². The minimum absolute atomic E-state index is 0.0231. The minimum atomic E-state index is -4.25. The Hall–Kier alpha value is -4.34. The first-order valence-corrected chi connectivity index (χ1v) is 17.6. The molecule has 1 fully saturated rings. The number of hydrogen-bond acceptors (Lipinski definition) is 5. The smallest absolute Gasteiger partial charge is 0.264 e. The van der Waals surface area contributed by atoms with Crippen LogP contribution in [0.5, 0.6) is 5.75 Å². The number of nitrogens with zero attached hydrogens (tertiary/aromatic N) is 2. The number of aryl methyl sites for hydroxylation is 1. The van der Waals surface area contributed by atoms with Crippen LogP contribution in [0.15, 0.2) is 108 Å². The van der Waals surface area contributed by atoms with Crippen molar-refractivity contribution in [1.29, 1.82) is 0 Å². The lowest BCUT2D eigenvalue weighted by Crippen LogP contribution is -2.54. The molecular formula is C37H40ClN3O5S. The molecule has 0 spiro atoms. The first kappa shape index (κ1) is 34.0. The number of rotatable bonds is 13. The Balaban J connectivity index is 1.58. The normalized spacial score (nSPS) is 13.9. The maximum Gasteiger partial charge on any atom is 0.264 e. The van der Waals surface area contributed by atoms with Crippen LogP contribution in [0, 0.1) is 6.92 Å². The lowest BCUT2D eigenvalue weighted by atomic mass is 10.0. The Bertz CT molecular complexity index is 1780. The second kappa shape index (κ2) is 15.5. The van der Waals surface area contributed by atoms with Gasteiger partial charge in [-0.3, -0.25) is 13.9 Å². The Morgan fingerprint density at radius 3 is 2.23 bits per heavy atom. The predicted molar refractivity (Wildman–Crippen MR) is 185 cm³/mol. The number of nitrogens with one attached hydrogen (secondary N) is 1. The first-order valence-electron chi connectivity index (χ1n) is 15.8. The molecule has 1 N–H and O–H groups in total. The average Bonchev–Trinajstić information content (AvgIpc) is 3.59. The molecule has 47 heavy (non-hydrogen) atoms. The fourth-order valence-corrected chi connectivity index (χ4v) is 7.61. The number of carbonyl (C=O) groups excluding carboxylic acids is 2. The maximum atomic E-state index is 14.7. The van der Waals surface area contributed by atoms with Gasteiger partial charge in [-0.2, -0.15) is 0 Å². The molecule has 1 saturated carbocycles. The molecule has 4 aromatic carbocycles. The van der Waals surface area contributed by atoms with E-state index >= 15 is 0 Å². The van der Waals surface area contributed by atoms with Gasteiger partial charge in [0.25, 0.3) is 10.0 Å². The Morgan fingerprint density at radius 1 is 0.894 bits per heavy atom. The SMILES string of the molecule is COc1cccc(CN(C(=O)CN(c2ccccc2Cl)S(=O)(=O)c2ccc(C)cc2)[C@@H](Cc2ccccc2)C(=O)NC2CCCC2)c1. The number of halogens is 1. The molecule has 1 atom stereocenters. The second-order valence-electron chi connectivity index (χ2n) is 11.8. The van der Waals surface area contributed by atoms with Crippen molar-refractivity contribution in [2.24, 2.45) is 0 Å². The monoisotopic (exact) mass is 673 g/mol. The summed E-state index contributed by atoms with van der Waals surface area (Å²) in [6, 6.07) is 28.9. The van der Waals surface area contributed by atoms with E-state index in [9.17, 15) is 18.0 Å². The van der Waals surface area contributed by atoms with Crippen LogP contribution < -0.4 is 14.4 Å². The highest BCUT2D eigenvalue weighted by atomic mass is 35.5. The van der Waals surface area contributed by atoms with Gasteiger partial charge < -0.3 is 15.0 Å². The molecule has 8 nitrogen and oxygen atoms in total. The minimum Gasteiger partial charge on any atom is -0.497 e. The quantitative estimate of drug-likeness (QED) is 0.174. The van der Waals surface area contributed by atoms with E-state index in [-0.39, 0.29) is 40.5 Å². The zero-order valence-corrected chi connectivity index (χ0v) is 28.2. The van der Waals surface area contributed by atoms with Crippen molar-refractivity contribution < 1.29 is 22.7 Å². The number of benzene rings is 4. The van der Waals surface area contributed by atoms with E-state index in [2.05, 4.69) is 5.32 Å². The van der Waals surface area contributed by atoms with Crippen LogP contribution >= 0.6 is 11.6 Å². The number of amides is 2. The standard InChI is InChI=1S/C37H40ClN3O5S/c1-27-19-21-32(22-20-27)47(44,45)41(34-18-9-8-17-33(34)38)26-36(42)40(25-29-13-10-16-31(23-29)46-2)35(24-28-11-4-3-5-12-28)37(43)39-30-14-6-7-15-30/h3-5,8-13,16-23,30,35H,6-7,14-15,24-26H2,1-2H3,(H,39,43)/t35-/m0/s1. The van der Waals surface area contributed by atoms with Crippen LogP contribution in [0.2, 0.25) is 5.02 Å². The molecular weight excluding hydrogens is 634 g/mol. The van der Waals surface area contributed by atoms with Crippen LogP contribution in [0.25, 0.3) is 0 Å². The molecule has 0 unspecified atom stereocenters. The van der Waals surface area contributed by atoms with Crippen LogP contribution in [-0.4, -0.2) is 50.9 Å². The van der Waals surface area contributed by atoms with E-state index in [4.69, 9.17) is 16.3 Å². The Morgan fingerprint density at radius 2 is 1.55 bits per heavy atom. The molecule has 0 saturated heterocycles. The maximum absolute atomic E-state index is 14.7. The largest absolute Gasteiger partial charge is 0.497 e. The summed E-state index contributed by atoms with van der Waals surface area (Å²) in [6.07, 6.45) is 4.06. The summed E-state index contributed by atoms with van der Waals surface area (Å²) in [4.78, 5) is 30.3. The molecule has 246 valence electrons. The van der Waals surface area contributed by atoms with Crippen molar-refractivity contribution in [3.05, 3.63) is 125 Å². The number of sulfonamides is 1. The molecule has 2 amide bonds. The zero-order valence-electron chi connectivity index (χ0n) is 26.6. The molecule has 5 rings (SSSR count). The van der Waals surface area contributed by atoms with Gasteiger partial charge in [-0.05, 0) is 67.3 Å². The molecule has 0 radical (unpaired) electrons. The number of ether oxygens (including phenoxy) is 1. The molecule has 0 aromatic heterocycles. The van der Waals surface area contributed by atoms with Crippen molar-refractivity contribution in [2.45, 2.75) is 62.6 Å². The molecule has 1 aliphatic carbocycles. The average molecular weight is 674 g/mol. The van der Waals surface area contributed by atoms with E-state index < -0.39 is 28.5 Å². The highest BCUT2D eigenvalue weighted by Crippen LogP contribution is 2.31. The number of para-hydroxylation sites is 1. The summed E-state index contributed by atoms with van der Waals surface area (Å²) in [5, 5.41) is 3.36. The van der Waals surface area contributed by atoms with Crippen molar-refractivity contribution in [2.75, 3.05) is 18.0 Å². The van der Waals surface area contributed by atoms with Gasteiger partial charge >= 0.3 is 0 Å². The Kier molecular flexibility index (Phi) is 11.2. The zero-order chi connectivity index (χ0) is 33.4. The van der Waals surface area contributed by atoms with Crippen molar-refractivity contribution in [1.82, 2.24) is 10.2 Å². The van der Waals surface area contributed by atoms with E-state index in [0.717, 1.165) is 46.7 Å². The van der Waals surface area contributed by atoms with Gasteiger partial charge in [0.15, 0.2) is 0 Å². The van der Waals surface area contributed by atoms with E-state index in [0.29, 0.717) is 5.75 Å². The molecule has 0 heterocycles. The van der Waals surface area contributed by atoms with Gasteiger partial charge in [-0.1, -0.05) is 96.7 Å². The summed E-state index contributed by atoms with van der Waals surface area (Å²) in [7, 11) is -2.69. The number of methoxy groups -OCH3 is 1. The van der Waals surface area contributed by atoms with Crippen LogP contribution in [0.4, 0.5) is 5.69 Å². The van der Waals surface area contributed by atoms with Crippen LogP contribution in [0.1, 0.15) is 42.4 Å². The van der Waals surface area contributed by atoms with Gasteiger partial charge in [0.05, 0.1) is 22.7 Å². The molecule has 4 aromatic rings. The third-order valence-corrected chi connectivity index (χ3v) is 10.6. The van der Waals surface area contributed by atoms with Gasteiger partial charge in [0.2, 0.25) is 11.8 Å². The lowest BCUT2D eigenvalue weighted by molar-refractivity contribution is -0.140. The van der Waals surface area contributed by atoms with E-state index in [1.165, 1.54) is 17.0 Å². The first-order chi connectivity index (χ1) is 22.7. The number of hydrogen-bond donors (Lipinski definition) is 1. The molecule has 0 aliphatic heterocycles. The summed E-state index contributed by atoms with van der Waals surface area (Å²) in [5.41, 5.74) is 2.66. The number of anilines is 1. The van der Waals surface area contributed by atoms with Gasteiger partial charge in [0.1, 0.15) is 18.3 Å². The van der Waals surface area contributed by atoms with E-state index in [1.807, 2.05) is 55.5 Å². The fraction of sp³-hybridized carbons (Fsp3) is 0.297. The molecule has 1 aliphatic rings. The predicted octanol–water partition coefficient (Wildman–Crippen LogP) is 6.55. The summed E-state index contributed by atoms with van der Waals surface area (Å²) in [6.45, 7) is 1.34. The van der Waals surface area contributed by atoms with Crippen LogP contribution in [0.3, 0.4) is 0 Å². The van der Waals surface area contributed by atoms with E-state index in [1.54, 1.807) is 49.6 Å². The fourth-order valence-electron chi connectivity index (χ4n) is 5.89. The number of carbonyl (C=O) groups is 2. The summed E-state index contributed by atoms with van der Waals surface area (Å²) < 4.78 is 34.9.